The number of halogens is 3. The number of nitrogens with zero attached hydrogens (tertiary/aromatic N) is 5. The summed E-state index contributed by atoms with van der Waals surface area (Å²) in [4.78, 5) is 16.8. The number of amides is 1. The van der Waals surface area contributed by atoms with Crippen LogP contribution in [0, 0.1) is 0 Å². The zero-order chi connectivity index (χ0) is 22.9. The molecule has 4 aromatic rings. The third-order valence-corrected chi connectivity index (χ3v) is 5.44. The summed E-state index contributed by atoms with van der Waals surface area (Å²) in [6.07, 6.45) is -2.38. The first-order chi connectivity index (χ1) is 15.2. The normalized spacial score (nSPS) is 11.7. The minimum absolute atomic E-state index is 0.156. The smallest absolute Gasteiger partial charge is 0.296 e. The molecule has 0 saturated carbocycles. The number of nitrogens with one attached hydrogen (secondary N) is 1. The maximum Gasteiger partial charge on any atom is 0.417 e. The first kappa shape index (κ1) is 21.6. The van der Waals surface area contributed by atoms with Gasteiger partial charge in [-0.05, 0) is 18.1 Å². The summed E-state index contributed by atoms with van der Waals surface area (Å²) in [7, 11) is 0. The summed E-state index contributed by atoms with van der Waals surface area (Å²) in [5.74, 6) is -0.415. The Morgan fingerprint density at radius 1 is 1.06 bits per heavy atom. The Kier molecular flexibility index (Phi) is 5.74. The van der Waals surface area contributed by atoms with Crippen LogP contribution in [0.5, 0.6) is 0 Å². The molecule has 1 N–H and O–H groups in total. The molecule has 0 aliphatic carbocycles. The van der Waals surface area contributed by atoms with Gasteiger partial charge in [-0.3, -0.25) is 10.1 Å². The number of benzene rings is 1. The molecule has 0 spiro atoms. The van der Waals surface area contributed by atoms with Gasteiger partial charge >= 0.3 is 6.18 Å². The summed E-state index contributed by atoms with van der Waals surface area (Å²) < 4.78 is 39.9. The maximum atomic E-state index is 12.9. The Morgan fingerprint density at radius 3 is 2.44 bits per heavy atom. The molecule has 164 valence electrons. The summed E-state index contributed by atoms with van der Waals surface area (Å²) in [5, 5.41) is 16.0. The first-order valence-electron chi connectivity index (χ1n) is 9.56. The second-order valence-electron chi connectivity index (χ2n) is 7.15. The Labute approximate surface area is 185 Å². The Bertz CT molecular complexity index is 1230. The lowest BCUT2D eigenvalue weighted by Crippen LogP contribution is -2.16. The zero-order valence-corrected chi connectivity index (χ0v) is 17.8. The van der Waals surface area contributed by atoms with Crippen LogP contribution in [0.25, 0.3) is 16.4 Å². The highest BCUT2D eigenvalue weighted by Crippen LogP contribution is 2.30. The monoisotopic (exact) mass is 458 g/mol. The lowest BCUT2D eigenvalue weighted by Gasteiger charge is -2.12. The SMILES string of the molecule is CC(C)c1c(C(=O)Nc2nnc(-c3ccccc3)s2)cnn1-c1ccc(C(F)(F)F)cn1. The predicted octanol–water partition coefficient (Wildman–Crippen LogP) is 5.18. The number of carbonyl (C=O) groups is 1. The maximum absolute atomic E-state index is 12.9. The quantitative estimate of drug-likeness (QED) is 0.445. The Hall–Kier alpha value is -3.60. The molecule has 1 amide bonds. The molecular formula is C21H17F3N6OS. The number of aromatic nitrogens is 5. The van der Waals surface area contributed by atoms with Gasteiger partial charge in [-0.25, -0.2) is 9.67 Å². The minimum Gasteiger partial charge on any atom is -0.296 e. The summed E-state index contributed by atoms with van der Waals surface area (Å²) in [6, 6.07) is 11.6. The van der Waals surface area contributed by atoms with Gasteiger partial charge in [0, 0.05) is 11.8 Å². The van der Waals surface area contributed by atoms with Gasteiger partial charge in [-0.2, -0.15) is 18.3 Å². The molecule has 0 radical (unpaired) electrons. The second-order valence-corrected chi connectivity index (χ2v) is 8.12. The third kappa shape index (κ3) is 4.37. The van der Waals surface area contributed by atoms with Gasteiger partial charge < -0.3 is 0 Å². The van der Waals surface area contributed by atoms with Crippen molar-refractivity contribution in [3.05, 3.63) is 71.7 Å². The minimum atomic E-state index is -4.48. The topological polar surface area (TPSA) is 85.6 Å². The van der Waals surface area contributed by atoms with Crippen molar-refractivity contribution < 1.29 is 18.0 Å². The fourth-order valence-corrected chi connectivity index (χ4v) is 3.83. The van der Waals surface area contributed by atoms with E-state index in [1.165, 1.54) is 28.3 Å². The summed E-state index contributed by atoms with van der Waals surface area (Å²) >= 11 is 1.23. The molecule has 0 aliphatic rings. The van der Waals surface area contributed by atoms with Crippen molar-refractivity contribution in [1.82, 2.24) is 25.0 Å². The van der Waals surface area contributed by atoms with E-state index in [1.807, 2.05) is 44.2 Å². The summed E-state index contributed by atoms with van der Waals surface area (Å²) in [5.41, 5.74) is 0.818. The van der Waals surface area contributed by atoms with Gasteiger partial charge in [-0.1, -0.05) is 55.5 Å². The Balaban J connectivity index is 1.60. The van der Waals surface area contributed by atoms with Gasteiger partial charge in [0.15, 0.2) is 5.82 Å². The van der Waals surface area contributed by atoms with Crippen molar-refractivity contribution in [2.75, 3.05) is 5.32 Å². The number of alkyl halides is 3. The molecule has 4 rings (SSSR count). The van der Waals surface area contributed by atoms with Gasteiger partial charge in [0.2, 0.25) is 5.13 Å². The van der Waals surface area contributed by atoms with E-state index in [9.17, 15) is 18.0 Å². The van der Waals surface area contributed by atoms with Crippen LogP contribution < -0.4 is 5.32 Å². The highest BCUT2D eigenvalue weighted by molar-refractivity contribution is 7.18. The van der Waals surface area contributed by atoms with Crippen LogP contribution in [0.4, 0.5) is 18.3 Å². The first-order valence-corrected chi connectivity index (χ1v) is 10.4. The Morgan fingerprint density at radius 2 is 1.81 bits per heavy atom. The zero-order valence-electron chi connectivity index (χ0n) is 17.0. The van der Waals surface area contributed by atoms with Gasteiger partial charge in [0.05, 0.1) is 23.0 Å². The van der Waals surface area contributed by atoms with Crippen molar-refractivity contribution in [2.45, 2.75) is 25.9 Å². The molecule has 0 atom stereocenters. The predicted molar refractivity (Wildman–Crippen MR) is 114 cm³/mol. The number of pyridine rings is 1. The van der Waals surface area contributed by atoms with Crippen LogP contribution in [0.3, 0.4) is 0 Å². The van der Waals surface area contributed by atoms with Crippen molar-refractivity contribution >= 4 is 22.4 Å². The van der Waals surface area contributed by atoms with E-state index in [0.717, 1.165) is 17.8 Å². The standard InChI is InChI=1S/C21H17F3N6OS/c1-12(2)17-15(11-26-30(17)16-9-8-14(10-25-16)21(22,23)24)18(31)27-20-29-28-19(32-20)13-6-4-3-5-7-13/h3-12H,1-2H3,(H,27,29,31). The molecule has 1 aromatic carbocycles. The molecule has 0 aliphatic heterocycles. The van der Waals surface area contributed by atoms with Crippen LogP contribution >= 0.6 is 11.3 Å². The van der Waals surface area contributed by atoms with E-state index < -0.39 is 17.6 Å². The molecular weight excluding hydrogens is 441 g/mol. The van der Waals surface area contributed by atoms with Crippen LogP contribution in [0.1, 0.15) is 41.4 Å². The van der Waals surface area contributed by atoms with Gasteiger partial charge in [0.25, 0.3) is 5.91 Å². The van der Waals surface area contributed by atoms with Crippen molar-refractivity contribution in [3.8, 4) is 16.4 Å². The lowest BCUT2D eigenvalue weighted by molar-refractivity contribution is -0.137. The molecule has 32 heavy (non-hydrogen) atoms. The second kappa shape index (κ2) is 8.50. The van der Waals surface area contributed by atoms with E-state index >= 15 is 0 Å². The number of rotatable bonds is 5. The van der Waals surface area contributed by atoms with Crippen molar-refractivity contribution in [3.63, 3.8) is 0 Å². The number of anilines is 1. The van der Waals surface area contributed by atoms with E-state index in [2.05, 4.69) is 25.6 Å². The highest BCUT2D eigenvalue weighted by atomic mass is 32.1. The van der Waals surface area contributed by atoms with Gasteiger partial charge in [-0.15, -0.1) is 10.2 Å². The van der Waals surface area contributed by atoms with E-state index in [1.54, 1.807) is 0 Å². The van der Waals surface area contributed by atoms with Crippen LogP contribution in [0.15, 0.2) is 54.9 Å². The highest BCUT2D eigenvalue weighted by Gasteiger charge is 2.31. The molecule has 3 aromatic heterocycles. The lowest BCUT2D eigenvalue weighted by atomic mass is 10.1. The van der Waals surface area contributed by atoms with Crippen LogP contribution in [-0.4, -0.2) is 30.9 Å². The number of carbonyl (C=O) groups excluding carboxylic acids is 1. The fraction of sp³-hybridized carbons (Fsp3) is 0.190. The molecule has 11 heteroatoms. The van der Waals surface area contributed by atoms with E-state index in [0.29, 0.717) is 15.8 Å². The van der Waals surface area contributed by atoms with Gasteiger partial charge in [0.1, 0.15) is 5.01 Å². The number of hydrogen-bond acceptors (Lipinski definition) is 6. The molecule has 0 saturated heterocycles. The summed E-state index contributed by atoms with van der Waals surface area (Å²) in [6.45, 7) is 3.71. The van der Waals surface area contributed by atoms with Crippen LogP contribution in [-0.2, 0) is 6.18 Å². The molecule has 0 fully saturated rings. The fourth-order valence-electron chi connectivity index (χ4n) is 3.09. The average Bonchev–Trinajstić information content (AvgIpc) is 3.41. The van der Waals surface area contributed by atoms with Crippen molar-refractivity contribution in [2.24, 2.45) is 0 Å². The average molecular weight is 458 g/mol. The van der Waals surface area contributed by atoms with Crippen LogP contribution in [0.2, 0.25) is 0 Å². The van der Waals surface area contributed by atoms with E-state index in [-0.39, 0.29) is 17.3 Å². The largest absolute Gasteiger partial charge is 0.417 e. The molecule has 7 nitrogen and oxygen atoms in total. The molecule has 3 heterocycles. The molecule has 0 unspecified atom stereocenters. The van der Waals surface area contributed by atoms with E-state index in [4.69, 9.17) is 0 Å². The van der Waals surface area contributed by atoms with Crippen molar-refractivity contribution in [1.29, 1.82) is 0 Å². The molecule has 0 bridgehead atoms. The number of hydrogen-bond donors (Lipinski definition) is 1. The third-order valence-electron chi connectivity index (χ3n) is 4.56.